The smallest absolute Gasteiger partial charge is 0.196 e. The van der Waals surface area contributed by atoms with Crippen molar-refractivity contribution in [2.45, 2.75) is 77.7 Å². The van der Waals surface area contributed by atoms with Gasteiger partial charge in [0.2, 0.25) is 0 Å². The molecule has 1 saturated heterocycles. The van der Waals surface area contributed by atoms with Gasteiger partial charge in [-0.1, -0.05) is 32.9 Å². The minimum Gasteiger partial charge on any atom is -0.472 e. The number of rotatable bonds is 2. The number of thioether (sulfide) groups is 1. The third kappa shape index (κ3) is 3.46. The quantitative estimate of drug-likeness (QED) is 0.622. The third-order valence-corrected chi connectivity index (χ3v) is 7.97. The molecule has 0 aromatic heterocycles. The first-order valence-corrected chi connectivity index (χ1v) is 11.7. The topological polar surface area (TPSA) is 33.6 Å². The van der Waals surface area contributed by atoms with Crippen LogP contribution in [0.3, 0.4) is 0 Å². The molecule has 0 aromatic rings. The molecular formula is C25H34N2OS. The molecule has 4 heteroatoms. The predicted octanol–water partition coefficient (Wildman–Crippen LogP) is 5.77. The number of aliphatic imine (C=N–C) groups is 1. The molecule has 5 rings (SSSR count). The Hall–Kier alpha value is -1.26. The van der Waals surface area contributed by atoms with Crippen LogP contribution in [0.4, 0.5) is 0 Å². The van der Waals surface area contributed by atoms with E-state index in [0.717, 1.165) is 42.0 Å². The summed E-state index contributed by atoms with van der Waals surface area (Å²) in [5.41, 5.74) is 3.20. The number of allylic oxidation sites excluding steroid dienone is 4. The molecule has 0 radical (unpaired) electrons. The number of ether oxygens (including phenoxy) is 1. The van der Waals surface area contributed by atoms with Gasteiger partial charge in [0, 0.05) is 37.0 Å². The van der Waals surface area contributed by atoms with E-state index in [4.69, 9.17) is 11.6 Å². The van der Waals surface area contributed by atoms with Crippen LogP contribution in [0.2, 0.25) is 0 Å². The SMILES string of the molecule is [2H]C([2H])([2H])C1=NC2OC3=C([C@@H]4NCC=C5C(C)=C(C([2H])([2H])C(C)(C)C)SC54)CCCC3C2C=C1. The maximum atomic E-state index is 8.90. The first-order chi connectivity index (χ1) is 15.8. The van der Waals surface area contributed by atoms with Gasteiger partial charge < -0.3 is 10.1 Å². The second-order valence-corrected chi connectivity index (χ2v) is 10.9. The second kappa shape index (κ2) is 7.16. The monoisotopic (exact) mass is 415 g/mol. The molecule has 4 heterocycles. The van der Waals surface area contributed by atoms with Crippen molar-refractivity contribution in [3.8, 4) is 0 Å². The highest BCUT2D eigenvalue weighted by atomic mass is 32.2. The van der Waals surface area contributed by atoms with Crippen LogP contribution in [-0.2, 0) is 4.74 Å². The zero-order valence-corrected chi connectivity index (χ0v) is 18.5. The van der Waals surface area contributed by atoms with Gasteiger partial charge in [-0.25, -0.2) is 4.99 Å². The Balaban J connectivity index is 1.47. The van der Waals surface area contributed by atoms with Crippen molar-refractivity contribution in [2.75, 3.05) is 6.54 Å². The van der Waals surface area contributed by atoms with E-state index in [0.29, 0.717) is 0 Å². The predicted molar refractivity (Wildman–Crippen MR) is 123 cm³/mol. The maximum absolute atomic E-state index is 8.90. The van der Waals surface area contributed by atoms with Gasteiger partial charge in [0.05, 0.1) is 5.25 Å². The number of dihydropyridines is 1. The molecule has 4 unspecified atom stereocenters. The lowest BCUT2D eigenvalue weighted by Crippen LogP contribution is -2.44. The minimum atomic E-state index is -2.23. The van der Waals surface area contributed by atoms with Gasteiger partial charge in [0.1, 0.15) is 5.76 Å². The number of hydrogen-bond acceptors (Lipinski definition) is 4. The molecule has 1 N–H and O–H groups in total. The van der Waals surface area contributed by atoms with Crippen molar-refractivity contribution in [3.63, 3.8) is 0 Å². The van der Waals surface area contributed by atoms with Gasteiger partial charge in [-0.3, -0.25) is 0 Å². The normalized spacial score (nSPS) is 39.9. The number of hydrogen-bond donors (Lipinski definition) is 1. The van der Waals surface area contributed by atoms with Gasteiger partial charge in [-0.05, 0) is 72.5 Å². The Bertz CT molecular complexity index is 1050. The van der Waals surface area contributed by atoms with Gasteiger partial charge in [0.15, 0.2) is 6.23 Å². The lowest BCUT2D eigenvalue weighted by molar-refractivity contribution is 0.146. The zero-order chi connectivity index (χ0) is 24.6. The van der Waals surface area contributed by atoms with E-state index in [9.17, 15) is 0 Å². The summed E-state index contributed by atoms with van der Waals surface area (Å²) in [5, 5.41) is 3.81. The summed E-state index contributed by atoms with van der Waals surface area (Å²) in [4.78, 5) is 5.33. The van der Waals surface area contributed by atoms with E-state index in [2.05, 4.69) is 23.3 Å². The summed E-state index contributed by atoms with van der Waals surface area (Å²) >= 11 is 1.67. The molecule has 0 spiro atoms. The summed E-state index contributed by atoms with van der Waals surface area (Å²) in [5.74, 6) is 1.30. The molecule has 1 fully saturated rings. The van der Waals surface area contributed by atoms with Crippen molar-refractivity contribution in [2.24, 2.45) is 22.2 Å². The van der Waals surface area contributed by atoms with Crippen molar-refractivity contribution >= 4 is 17.5 Å². The molecular weight excluding hydrogens is 376 g/mol. The number of nitrogens with one attached hydrogen (secondary N) is 1. The summed E-state index contributed by atoms with van der Waals surface area (Å²) in [6.45, 7) is 6.48. The molecule has 1 aliphatic carbocycles. The van der Waals surface area contributed by atoms with E-state index in [1.165, 1.54) is 11.1 Å². The molecule has 156 valence electrons. The molecule has 3 nitrogen and oxygen atoms in total. The lowest BCUT2D eigenvalue weighted by Gasteiger charge is -2.35. The van der Waals surface area contributed by atoms with Gasteiger partial charge in [-0.15, -0.1) is 11.8 Å². The highest BCUT2D eigenvalue weighted by molar-refractivity contribution is 8.04. The average Bonchev–Trinajstić information content (AvgIpc) is 3.30. The van der Waals surface area contributed by atoms with Crippen LogP contribution >= 0.6 is 11.8 Å². The van der Waals surface area contributed by atoms with Crippen LogP contribution in [0.5, 0.6) is 0 Å². The molecule has 0 saturated carbocycles. The highest BCUT2D eigenvalue weighted by Crippen LogP contribution is 2.52. The summed E-state index contributed by atoms with van der Waals surface area (Å²) in [6, 6.07) is 0.0706. The van der Waals surface area contributed by atoms with E-state index in [-0.39, 0.29) is 28.8 Å². The number of fused-ring (bicyclic) bond motifs is 4. The Morgan fingerprint density at radius 3 is 3.07 bits per heavy atom. The molecule has 0 aromatic carbocycles. The van der Waals surface area contributed by atoms with Crippen LogP contribution in [-0.4, -0.2) is 29.8 Å². The van der Waals surface area contributed by atoms with Crippen LogP contribution in [0.15, 0.2) is 50.6 Å². The average molecular weight is 416 g/mol. The Labute approximate surface area is 186 Å². The van der Waals surface area contributed by atoms with E-state index >= 15 is 0 Å². The van der Waals surface area contributed by atoms with Gasteiger partial charge >= 0.3 is 0 Å². The van der Waals surface area contributed by atoms with Crippen LogP contribution in [0.1, 0.15) is 67.0 Å². The first-order valence-electron chi connectivity index (χ1n) is 13.3. The standard InChI is InChI=1S/C25H34N2OS/c1-14-9-10-18-17-7-6-8-19(22(17)28-24(18)27-14)21-23-16(11-12-26-21)15(2)20(29-23)13-25(3,4)5/h9-11,17-18,21,23-24,26H,6-8,12-13H2,1-5H3/t17?,18?,21-,23?,24?/m0/s1/i1D3,13D2. The van der Waals surface area contributed by atoms with E-state index in [1.807, 2.05) is 26.8 Å². The Morgan fingerprint density at radius 1 is 1.41 bits per heavy atom. The largest absolute Gasteiger partial charge is 0.472 e. The van der Waals surface area contributed by atoms with Gasteiger partial charge in [-0.2, -0.15) is 0 Å². The molecule has 0 bridgehead atoms. The van der Waals surface area contributed by atoms with Crippen molar-refractivity contribution in [1.29, 1.82) is 0 Å². The summed E-state index contributed by atoms with van der Waals surface area (Å²) in [6.07, 6.45) is 7.01. The summed E-state index contributed by atoms with van der Waals surface area (Å²) < 4.78 is 47.4. The zero-order valence-electron chi connectivity index (χ0n) is 22.7. The van der Waals surface area contributed by atoms with Crippen LogP contribution in [0.25, 0.3) is 0 Å². The molecule has 5 atom stereocenters. The first kappa shape index (κ1) is 14.7. The summed E-state index contributed by atoms with van der Waals surface area (Å²) in [7, 11) is 0. The molecule has 0 amide bonds. The van der Waals surface area contributed by atoms with Crippen LogP contribution < -0.4 is 5.32 Å². The fourth-order valence-electron chi connectivity index (χ4n) is 5.29. The van der Waals surface area contributed by atoms with Crippen molar-refractivity contribution in [1.82, 2.24) is 5.32 Å². The number of nitrogens with zero attached hydrogens (tertiary/aromatic N) is 1. The molecule has 29 heavy (non-hydrogen) atoms. The minimum absolute atomic E-state index is 0.0706. The van der Waals surface area contributed by atoms with E-state index in [1.54, 1.807) is 17.8 Å². The van der Waals surface area contributed by atoms with Crippen molar-refractivity contribution in [3.05, 3.63) is 45.6 Å². The Kier molecular flexibility index (Phi) is 3.63. The fourth-order valence-corrected chi connectivity index (χ4v) is 7.00. The van der Waals surface area contributed by atoms with Crippen LogP contribution in [0, 0.1) is 17.3 Å². The maximum Gasteiger partial charge on any atom is 0.196 e. The van der Waals surface area contributed by atoms with Gasteiger partial charge in [0.25, 0.3) is 0 Å². The highest BCUT2D eigenvalue weighted by Gasteiger charge is 2.47. The van der Waals surface area contributed by atoms with E-state index < -0.39 is 24.9 Å². The van der Waals surface area contributed by atoms with Crippen molar-refractivity contribution < 1.29 is 11.6 Å². The molecule has 4 aliphatic heterocycles. The molecule has 5 aliphatic rings. The second-order valence-electron chi connectivity index (χ2n) is 9.76. The Morgan fingerprint density at radius 2 is 2.28 bits per heavy atom. The fraction of sp³-hybridized carbons (Fsp3) is 0.640. The third-order valence-electron chi connectivity index (χ3n) is 6.55. The lowest BCUT2D eigenvalue weighted by atomic mass is 9.77.